The molecular weight excluding hydrogens is 208 g/mol. The molecule has 0 spiro atoms. The van der Waals surface area contributed by atoms with Crippen molar-refractivity contribution in [3.63, 3.8) is 0 Å². The molecule has 0 bridgehead atoms. The van der Waals surface area contributed by atoms with Crippen molar-refractivity contribution in [3.05, 3.63) is 35.4 Å². The highest BCUT2D eigenvalue weighted by atomic mass is 15.1. The van der Waals surface area contributed by atoms with Crippen LogP contribution in [0.4, 0.5) is 0 Å². The molecule has 1 aromatic rings. The summed E-state index contributed by atoms with van der Waals surface area (Å²) in [5.41, 5.74) is 8.77. The second kappa shape index (κ2) is 6.18. The lowest BCUT2D eigenvalue weighted by Crippen LogP contribution is -2.24. The highest BCUT2D eigenvalue weighted by molar-refractivity contribution is 5.26. The standard InChI is InChI=1S/C15H26N2/c1-15(2,3)9-10-17(4)12-14-8-6-5-7-13(14)11-16/h5-8H,9-12,16H2,1-4H3. The van der Waals surface area contributed by atoms with Gasteiger partial charge in [-0.2, -0.15) is 0 Å². The van der Waals surface area contributed by atoms with E-state index in [1.54, 1.807) is 0 Å². The summed E-state index contributed by atoms with van der Waals surface area (Å²) in [6.07, 6.45) is 1.22. The second-order valence-electron chi connectivity index (χ2n) is 6.02. The minimum absolute atomic E-state index is 0.404. The molecule has 0 heterocycles. The second-order valence-corrected chi connectivity index (χ2v) is 6.02. The quantitative estimate of drug-likeness (QED) is 0.848. The zero-order valence-electron chi connectivity index (χ0n) is 11.7. The average molecular weight is 234 g/mol. The van der Waals surface area contributed by atoms with Gasteiger partial charge in [0.2, 0.25) is 0 Å². The first-order valence-corrected chi connectivity index (χ1v) is 6.38. The van der Waals surface area contributed by atoms with E-state index in [0.29, 0.717) is 12.0 Å². The molecule has 0 amide bonds. The van der Waals surface area contributed by atoms with Gasteiger partial charge >= 0.3 is 0 Å². The van der Waals surface area contributed by atoms with E-state index in [1.165, 1.54) is 17.5 Å². The Hall–Kier alpha value is -0.860. The molecule has 0 radical (unpaired) electrons. The summed E-state index contributed by atoms with van der Waals surface area (Å²) in [4.78, 5) is 2.37. The van der Waals surface area contributed by atoms with E-state index in [2.05, 4.69) is 57.0 Å². The van der Waals surface area contributed by atoms with Crippen LogP contribution in [0, 0.1) is 5.41 Å². The van der Waals surface area contributed by atoms with Gasteiger partial charge in [-0.25, -0.2) is 0 Å². The van der Waals surface area contributed by atoms with Gasteiger partial charge in [0.1, 0.15) is 0 Å². The fourth-order valence-electron chi connectivity index (χ4n) is 1.81. The maximum Gasteiger partial charge on any atom is 0.0233 e. The van der Waals surface area contributed by atoms with Crippen molar-refractivity contribution in [2.45, 2.75) is 40.3 Å². The van der Waals surface area contributed by atoms with Gasteiger partial charge in [-0.15, -0.1) is 0 Å². The Balaban J connectivity index is 2.53. The third kappa shape index (κ3) is 5.33. The molecule has 0 aromatic heterocycles. The number of nitrogens with two attached hydrogens (primary N) is 1. The number of rotatable bonds is 5. The largest absolute Gasteiger partial charge is 0.326 e. The lowest BCUT2D eigenvalue weighted by Gasteiger charge is -2.24. The van der Waals surface area contributed by atoms with Gasteiger partial charge in [0.15, 0.2) is 0 Å². The monoisotopic (exact) mass is 234 g/mol. The molecule has 0 atom stereocenters. The van der Waals surface area contributed by atoms with Crippen LogP contribution in [-0.4, -0.2) is 18.5 Å². The summed E-state index contributed by atoms with van der Waals surface area (Å²) in [6, 6.07) is 8.44. The SMILES string of the molecule is CN(CCC(C)(C)C)Cc1ccccc1CN. The Morgan fingerprint density at radius 2 is 1.71 bits per heavy atom. The van der Waals surface area contributed by atoms with Gasteiger partial charge < -0.3 is 10.6 Å². The molecule has 0 aliphatic heterocycles. The van der Waals surface area contributed by atoms with Crippen molar-refractivity contribution < 1.29 is 0 Å². The van der Waals surface area contributed by atoms with Gasteiger partial charge in [0.25, 0.3) is 0 Å². The molecule has 2 nitrogen and oxygen atoms in total. The number of hydrogen-bond acceptors (Lipinski definition) is 2. The minimum Gasteiger partial charge on any atom is -0.326 e. The van der Waals surface area contributed by atoms with Crippen LogP contribution < -0.4 is 5.73 Å². The van der Waals surface area contributed by atoms with Crippen LogP contribution in [0.15, 0.2) is 24.3 Å². The summed E-state index contributed by atoms with van der Waals surface area (Å²) in [5.74, 6) is 0. The molecule has 2 N–H and O–H groups in total. The highest BCUT2D eigenvalue weighted by Crippen LogP contribution is 2.19. The first-order chi connectivity index (χ1) is 7.92. The first kappa shape index (κ1) is 14.2. The Bertz CT molecular complexity index is 339. The smallest absolute Gasteiger partial charge is 0.0233 e. The van der Waals surface area contributed by atoms with Crippen molar-refractivity contribution in [2.24, 2.45) is 11.1 Å². The molecule has 96 valence electrons. The Labute approximate surface area is 106 Å². The normalized spacial score (nSPS) is 12.1. The third-order valence-corrected chi connectivity index (χ3v) is 3.02. The third-order valence-electron chi connectivity index (χ3n) is 3.02. The molecule has 0 unspecified atom stereocenters. The molecule has 0 fully saturated rings. The average Bonchev–Trinajstić information content (AvgIpc) is 2.26. The van der Waals surface area contributed by atoms with E-state index >= 15 is 0 Å². The molecule has 2 heteroatoms. The van der Waals surface area contributed by atoms with Gasteiger partial charge in [0.05, 0.1) is 0 Å². The van der Waals surface area contributed by atoms with Crippen LogP contribution >= 0.6 is 0 Å². The van der Waals surface area contributed by atoms with Crippen LogP contribution in [0.25, 0.3) is 0 Å². The van der Waals surface area contributed by atoms with Gasteiger partial charge in [-0.3, -0.25) is 0 Å². The summed E-state index contributed by atoms with van der Waals surface area (Å²) in [5, 5.41) is 0. The van der Waals surface area contributed by atoms with Crippen LogP contribution in [0.3, 0.4) is 0 Å². The van der Waals surface area contributed by atoms with E-state index in [1.807, 2.05) is 0 Å². The Morgan fingerprint density at radius 1 is 1.12 bits per heavy atom. The number of nitrogens with zero attached hydrogens (tertiary/aromatic N) is 1. The van der Waals surface area contributed by atoms with Crippen molar-refractivity contribution in [1.82, 2.24) is 4.90 Å². The lowest BCUT2D eigenvalue weighted by atomic mass is 9.92. The molecule has 0 aliphatic rings. The topological polar surface area (TPSA) is 29.3 Å². The van der Waals surface area contributed by atoms with Crippen LogP contribution in [0.5, 0.6) is 0 Å². The summed E-state index contributed by atoms with van der Waals surface area (Å²) < 4.78 is 0. The maximum atomic E-state index is 5.75. The van der Waals surface area contributed by atoms with Gasteiger partial charge in [0, 0.05) is 13.1 Å². The van der Waals surface area contributed by atoms with Gasteiger partial charge in [-0.05, 0) is 36.6 Å². The predicted octanol–water partition coefficient (Wildman–Crippen LogP) is 3.01. The van der Waals surface area contributed by atoms with Crippen molar-refractivity contribution in [2.75, 3.05) is 13.6 Å². The Morgan fingerprint density at radius 3 is 2.24 bits per heavy atom. The van der Waals surface area contributed by atoms with Crippen molar-refractivity contribution in [1.29, 1.82) is 0 Å². The predicted molar refractivity (Wildman–Crippen MR) is 74.7 cm³/mol. The van der Waals surface area contributed by atoms with Crippen LogP contribution in [0.1, 0.15) is 38.3 Å². The van der Waals surface area contributed by atoms with Crippen LogP contribution in [0.2, 0.25) is 0 Å². The van der Waals surface area contributed by atoms with E-state index < -0.39 is 0 Å². The van der Waals surface area contributed by atoms with E-state index in [4.69, 9.17) is 5.73 Å². The summed E-state index contributed by atoms with van der Waals surface area (Å²) >= 11 is 0. The molecular formula is C15H26N2. The highest BCUT2D eigenvalue weighted by Gasteiger charge is 2.12. The zero-order chi connectivity index (χ0) is 12.9. The summed E-state index contributed by atoms with van der Waals surface area (Å²) in [6.45, 7) is 9.60. The molecule has 0 saturated heterocycles. The molecule has 17 heavy (non-hydrogen) atoms. The lowest BCUT2D eigenvalue weighted by molar-refractivity contribution is 0.258. The molecule has 1 aromatic carbocycles. The van der Waals surface area contributed by atoms with Gasteiger partial charge in [-0.1, -0.05) is 45.0 Å². The molecule has 1 rings (SSSR count). The number of benzene rings is 1. The molecule has 0 aliphatic carbocycles. The van der Waals surface area contributed by atoms with E-state index in [0.717, 1.165) is 13.1 Å². The fraction of sp³-hybridized carbons (Fsp3) is 0.600. The summed E-state index contributed by atoms with van der Waals surface area (Å²) in [7, 11) is 2.18. The molecule has 0 saturated carbocycles. The van der Waals surface area contributed by atoms with Crippen molar-refractivity contribution >= 4 is 0 Å². The minimum atomic E-state index is 0.404. The number of hydrogen-bond donors (Lipinski definition) is 1. The van der Waals surface area contributed by atoms with Crippen LogP contribution in [-0.2, 0) is 13.1 Å². The fourth-order valence-corrected chi connectivity index (χ4v) is 1.81. The first-order valence-electron chi connectivity index (χ1n) is 6.38. The van der Waals surface area contributed by atoms with E-state index in [9.17, 15) is 0 Å². The van der Waals surface area contributed by atoms with E-state index in [-0.39, 0.29) is 0 Å². The maximum absolute atomic E-state index is 5.75. The Kier molecular flexibility index (Phi) is 5.16. The zero-order valence-corrected chi connectivity index (χ0v) is 11.7. The van der Waals surface area contributed by atoms with Crippen molar-refractivity contribution in [3.8, 4) is 0 Å².